The number of hydrogen-bond donors (Lipinski definition) is 0. The van der Waals surface area contributed by atoms with Crippen molar-refractivity contribution in [3.05, 3.63) is 0 Å². The molecule has 0 aromatic rings. The van der Waals surface area contributed by atoms with Crippen molar-refractivity contribution in [3.8, 4) is 0 Å². The van der Waals surface area contributed by atoms with Crippen LogP contribution in [0.15, 0.2) is 0 Å². The van der Waals surface area contributed by atoms with Crippen LogP contribution >= 0.6 is 0 Å². The Morgan fingerprint density at radius 2 is 1.25 bits per heavy atom. The highest BCUT2D eigenvalue weighted by Gasteiger charge is 2.35. The van der Waals surface area contributed by atoms with Crippen LogP contribution in [-0.4, -0.2) is 41.9 Å². The van der Waals surface area contributed by atoms with Crippen molar-refractivity contribution < 1.29 is 22.8 Å². The Morgan fingerprint density at radius 3 is 1.55 bits per heavy atom. The molecule has 0 heterocycles. The van der Waals surface area contributed by atoms with Gasteiger partial charge in [0.1, 0.15) is 0 Å². The molecule has 6 heteroatoms. The molecule has 0 amide bonds. The lowest BCUT2D eigenvalue weighted by Crippen LogP contribution is -2.45. The van der Waals surface area contributed by atoms with Crippen LogP contribution in [0.2, 0.25) is 0 Å². The topological polar surface area (TPSA) is 46.2 Å². The van der Waals surface area contributed by atoms with Crippen LogP contribution in [0, 0.1) is 11.8 Å². The minimum Gasteiger partial charge on any atom is -0.371 e. The Morgan fingerprint density at radius 1 is 0.850 bits per heavy atom. The highest BCUT2D eigenvalue weighted by molar-refractivity contribution is 6.36. The van der Waals surface area contributed by atoms with Gasteiger partial charge in [-0.2, -0.15) is 0 Å². The van der Waals surface area contributed by atoms with Crippen LogP contribution in [0.5, 0.6) is 0 Å². The van der Waals surface area contributed by atoms with Gasteiger partial charge >= 0.3 is 9.53 Å². The van der Waals surface area contributed by atoms with Crippen molar-refractivity contribution in [1.82, 2.24) is 0 Å². The van der Waals surface area contributed by atoms with E-state index >= 15 is 0 Å². The zero-order chi connectivity index (χ0) is 15.6. The molecule has 0 fully saturated rings. The summed E-state index contributed by atoms with van der Waals surface area (Å²) < 4.78 is 28.4. The lowest BCUT2D eigenvalue weighted by molar-refractivity contribution is -0.349. The lowest BCUT2D eigenvalue weighted by atomic mass is 10.2. The molecule has 1 radical (unpaired) electrons. The zero-order valence-electron chi connectivity index (χ0n) is 14.0. The Balaban J connectivity index is 4.60. The Kier molecular flexibility index (Phi) is 10.7. The Hall–Kier alpha value is 0.0169. The predicted octanol–water partition coefficient (Wildman–Crippen LogP) is 3.08. The van der Waals surface area contributed by atoms with Gasteiger partial charge in [0.2, 0.25) is 0 Å². The summed E-state index contributed by atoms with van der Waals surface area (Å²) in [5.41, 5.74) is 0. The molecule has 0 saturated heterocycles. The van der Waals surface area contributed by atoms with Crippen molar-refractivity contribution in [3.63, 3.8) is 0 Å². The molecule has 0 unspecified atom stereocenters. The highest BCUT2D eigenvalue weighted by atomic mass is 28.3. The van der Waals surface area contributed by atoms with Gasteiger partial charge in [-0.3, -0.25) is 0 Å². The van der Waals surface area contributed by atoms with Gasteiger partial charge in [0, 0.05) is 20.1 Å². The minimum atomic E-state index is -1.85. The molecule has 121 valence electrons. The molecule has 0 spiro atoms. The second kappa shape index (κ2) is 10.7. The number of hydrogen-bond acceptors (Lipinski definition) is 5. The van der Waals surface area contributed by atoms with Gasteiger partial charge in [0.25, 0.3) is 5.97 Å². The summed E-state index contributed by atoms with van der Waals surface area (Å²) in [6.45, 7) is 16.1. The normalized spacial score (nSPS) is 12.9. The molecule has 0 N–H and O–H groups in total. The first-order valence-corrected chi connectivity index (χ1v) is 8.64. The zero-order valence-corrected chi connectivity index (χ0v) is 15.0. The van der Waals surface area contributed by atoms with Crippen LogP contribution in [0.1, 0.15) is 48.5 Å². The molecule has 0 rings (SSSR count). The summed E-state index contributed by atoms with van der Waals surface area (Å²) >= 11 is 0. The summed E-state index contributed by atoms with van der Waals surface area (Å²) in [4.78, 5) is 0. The molecular weight excluding hydrogens is 276 g/mol. The molecule has 0 aromatic heterocycles. The van der Waals surface area contributed by atoms with Crippen LogP contribution in [-0.2, 0) is 22.8 Å². The smallest absolute Gasteiger partial charge is 0.371 e. The van der Waals surface area contributed by atoms with Crippen LogP contribution in [0.25, 0.3) is 0 Å². The van der Waals surface area contributed by atoms with Crippen molar-refractivity contribution in [2.45, 2.75) is 54.4 Å². The van der Waals surface area contributed by atoms with Gasteiger partial charge in [0.15, 0.2) is 0 Å². The first kappa shape index (κ1) is 20.0. The second-order valence-electron chi connectivity index (χ2n) is 5.49. The van der Waals surface area contributed by atoms with Crippen molar-refractivity contribution >= 4 is 9.53 Å². The van der Waals surface area contributed by atoms with Crippen molar-refractivity contribution in [2.75, 3.05) is 26.4 Å². The molecule has 0 aromatic carbocycles. The van der Waals surface area contributed by atoms with Crippen molar-refractivity contribution in [2.24, 2.45) is 11.8 Å². The molecule has 20 heavy (non-hydrogen) atoms. The van der Waals surface area contributed by atoms with Crippen LogP contribution < -0.4 is 0 Å². The van der Waals surface area contributed by atoms with Gasteiger partial charge in [-0.1, -0.05) is 27.7 Å². The third-order valence-corrected chi connectivity index (χ3v) is 3.74. The lowest BCUT2D eigenvalue weighted by Gasteiger charge is -2.32. The molecular formula is C14H31O5Si. The molecule has 0 aliphatic carbocycles. The monoisotopic (exact) mass is 307 g/mol. The summed E-state index contributed by atoms with van der Waals surface area (Å²) in [7, 11) is -1.85. The maximum absolute atomic E-state index is 5.83. The van der Waals surface area contributed by atoms with Gasteiger partial charge < -0.3 is 22.8 Å². The molecule has 0 atom stereocenters. The second-order valence-corrected chi connectivity index (χ2v) is 6.77. The van der Waals surface area contributed by atoms with Gasteiger partial charge in [-0.05, 0) is 25.7 Å². The maximum atomic E-state index is 5.83. The fourth-order valence-corrected chi connectivity index (χ4v) is 2.32. The van der Waals surface area contributed by atoms with E-state index in [2.05, 4.69) is 27.7 Å². The van der Waals surface area contributed by atoms with Crippen LogP contribution in [0.3, 0.4) is 0 Å². The quantitative estimate of drug-likeness (QED) is 0.409. The number of ether oxygens (including phenoxy) is 2. The van der Waals surface area contributed by atoms with E-state index in [9.17, 15) is 0 Å². The molecule has 0 bridgehead atoms. The third-order valence-electron chi connectivity index (χ3n) is 2.15. The van der Waals surface area contributed by atoms with E-state index in [-0.39, 0.29) is 0 Å². The first-order chi connectivity index (χ1) is 9.33. The van der Waals surface area contributed by atoms with E-state index in [1.807, 2.05) is 13.8 Å². The Labute approximate surface area is 125 Å². The van der Waals surface area contributed by atoms with Crippen LogP contribution in [0.4, 0.5) is 0 Å². The fraction of sp³-hybridized carbons (Fsp3) is 1.00. The van der Waals surface area contributed by atoms with Gasteiger partial charge in [-0.15, -0.1) is 0 Å². The summed E-state index contributed by atoms with van der Waals surface area (Å²) in [5, 5.41) is 0. The molecule has 0 saturated carbocycles. The first-order valence-electron chi connectivity index (χ1n) is 7.42. The van der Waals surface area contributed by atoms with E-state index in [4.69, 9.17) is 22.8 Å². The molecule has 0 aliphatic rings. The average Bonchev–Trinajstić information content (AvgIpc) is 2.35. The summed E-state index contributed by atoms with van der Waals surface area (Å²) in [5.74, 6) is -0.321. The van der Waals surface area contributed by atoms with E-state index < -0.39 is 15.5 Å². The number of rotatable bonds is 12. The van der Waals surface area contributed by atoms with Crippen molar-refractivity contribution in [1.29, 1.82) is 0 Å². The highest BCUT2D eigenvalue weighted by Crippen LogP contribution is 2.19. The van der Waals surface area contributed by atoms with Gasteiger partial charge in [-0.25, -0.2) is 0 Å². The molecule has 5 nitrogen and oxygen atoms in total. The SMILES string of the molecule is CCO[Si](OCC)OC(C)(OCC(C)C)OCC(C)C. The fourth-order valence-electron chi connectivity index (χ4n) is 1.22. The summed E-state index contributed by atoms with van der Waals surface area (Å²) in [6, 6.07) is 0. The predicted molar refractivity (Wildman–Crippen MR) is 80.1 cm³/mol. The van der Waals surface area contributed by atoms with E-state index in [0.717, 1.165) is 0 Å². The largest absolute Gasteiger partial charge is 0.581 e. The minimum absolute atomic E-state index is 0.399. The van der Waals surface area contributed by atoms with E-state index in [1.165, 1.54) is 0 Å². The van der Waals surface area contributed by atoms with Gasteiger partial charge in [0.05, 0.1) is 13.2 Å². The average molecular weight is 307 g/mol. The maximum Gasteiger partial charge on any atom is 0.581 e. The van der Waals surface area contributed by atoms with E-state index in [1.54, 1.807) is 6.92 Å². The molecule has 0 aliphatic heterocycles. The standard InChI is InChI=1S/C14H31O5Si/c1-8-17-20(18-9-2)19-14(7,15-10-12(3)4)16-11-13(5)6/h12-13H,8-11H2,1-7H3. The Bertz CT molecular complexity index is 218. The van der Waals surface area contributed by atoms with E-state index in [0.29, 0.717) is 38.3 Å². The summed E-state index contributed by atoms with van der Waals surface area (Å²) in [6.07, 6.45) is 0. The third kappa shape index (κ3) is 9.85.